The predicted octanol–water partition coefficient (Wildman–Crippen LogP) is 4.38. The maximum absolute atomic E-state index is 9.86. The summed E-state index contributed by atoms with van der Waals surface area (Å²) in [5.74, 6) is 0.355. The Morgan fingerprint density at radius 2 is 2.17 bits per heavy atom. The summed E-state index contributed by atoms with van der Waals surface area (Å²) in [5.41, 5.74) is 2.11. The monoisotopic (exact) mass is 325 g/mol. The molecule has 0 aliphatic rings. The molecule has 2 aromatic rings. The molecule has 1 atom stereocenters. The zero-order valence-electron chi connectivity index (χ0n) is 10.4. The smallest absolute Gasteiger partial charge is 0.120 e. The van der Waals surface area contributed by atoms with Gasteiger partial charge in [0.1, 0.15) is 5.75 Å². The van der Waals surface area contributed by atoms with Crippen LogP contribution in [-0.2, 0) is 6.54 Å². The van der Waals surface area contributed by atoms with Crippen molar-refractivity contribution in [1.82, 2.24) is 5.32 Å². The SMILES string of the molecule is Cc1ccc(O)c(C(C)NCc2cc(Br)cs2)c1. The second kappa shape index (κ2) is 5.87. The lowest BCUT2D eigenvalue weighted by Gasteiger charge is -2.15. The number of halogens is 1. The second-order valence-corrected chi connectivity index (χ2v) is 6.31. The summed E-state index contributed by atoms with van der Waals surface area (Å²) >= 11 is 5.17. The Balaban J connectivity index is 2.03. The molecule has 2 nitrogen and oxygen atoms in total. The number of aromatic hydroxyl groups is 1. The quantitative estimate of drug-likeness (QED) is 0.874. The molecule has 0 bridgehead atoms. The third kappa shape index (κ3) is 3.34. The van der Waals surface area contributed by atoms with Gasteiger partial charge in [0, 0.05) is 32.9 Å². The van der Waals surface area contributed by atoms with Crippen molar-refractivity contribution in [3.8, 4) is 5.75 Å². The minimum Gasteiger partial charge on any atom is -0.508 e. The lowest BCUT2D eigenvalue weighted by molar-refractivity contribution is 0.452. The Kier molecular flexibility index (Phi) is 4.43. The number of hydrogen-bond donors (Lipinski definition) is 2. The standard InChI is InChI=1S/C14H16BrNOS/c1-9-3-4-14(17)13(5-9)10(2)16-7-12-6-11(15)8-18-12/h3-6,8,10,16-17H,7H2,1-2H3. The van der Waals surface area contributed by atoms with Gasteiger partial charge in [-0.05, 0) is 41.9 Å². The van der Waals surface area contributed by atoms with Crippen LogP contribution in [0.15, 0.2) is 34.1 Å². The molecule has 2 N–H and O–H groups in total. The summed E-state index contributed by atoms with van der Waals surface area (Å²) in [6.45, 7) is 4.91. The van der Waals surface area contributed by atoms with Crippen LogP contribution in [0.25, 0.3) is 0 Å². The molecule has 0 spiro atoms. The van der Waals surface area contributed by atoms with Crippen LogP contribution in [0.1, 0.15) is 29.0 Å². The van der Waals surface area contributed by atoms with E-state index in [4.69, 9.17) is 0 Å². The van der Waals surface area contributed by atoms with E-state index in [2.05, 4.69) is 39.6 Å². The first-order chi connectivity index (χ1) is 8.56. The van der Waals surface area contributed by atoms with Crippen molar-refractivity contribution in [2.75, 3.05) is 0 Å². The zero-order chi connectivity index (χ0) is 13.1. The molecule has 4 heteroatoms. The number of thiophene rings is 1. The van der Waals surface area contributed by atoms with Gasteiger partial charge in [-0.15, -0.1) is 11.3 Å². The van der Waals surface area contributed by atoms with Crippen molar-refractivity contribution >= 4 is 27.3 Å². The lowest BCUT2D eigenvalue weighted by Crippen LogP contribution is -2.17. The summed E-state index contributed by atoms with van der Waals surface area (Å²) in [6.07, 6.45) is 0. The fourth-order valence-electron chi connectivity index (χ4n) is 1.83. The van der Waals surface area contributed by atoms with Crippen LogP contribution in [0, 0.1) is 6.92 Å². The summed E-state index contributed by atoms with van der Waals surface area (Å²) in [6, 6.07) is 7.94. The molecule has 0 radical (unpaired) electrons. The van der Waals surface area contributed by atoms with Crippen LogP contribution in [0.2, 0.25) is 0 Å². The highest BCUT2D eigenvalue weighted by Gasteiger charge is 2.10. The fourth-order valence-corrected chi connectivity index (χ4v) is 3.23. The molecular weight excluding hydrogens is 310 g/mol. The van der Waals surface area contributed by atoms with Crippen LogP contribution >= 0.6 is 27.3 Å². The number of aryl methyl sites for hydroxylation is 1. The van der Waals surface area contributed by atoms with Gasteiger partial charge in [-0.25, -0.2) is 0 Å². The molecule has 0 aliphatic carbocycles. The number of nitrogens with one attached hydrogen (secondary N) is 1. The van der Waals surface area contributed by atoms with E-state index in [-0.39, 0.29) is 6.04 Å². The molecule has 1 heterocycles. The van der Waals surface area contributed by atoms with Crippen molar-refractivity contribution < 1.29 is 5.11 Å². The van der Waals surface area contributed by atoms with Gasteiger partial charge in [0.25, 0.3) is 0 Å². The summed E-state index contributed by atoms with van der Waals surface area (Å²) < 4.78 is 1.12. The average Bonchev–Trinajstić information content (AvgIpc) is 2.75. The van der Waals surface area contributed by atoms with E-state index in [0.29, 0.717) is 5.75 Å². The van der Waals surface area contributed by atoms with Gasteiger partial charge in [0.15, 0.2) is 0 Å². The second-order valence-electron chi connectivity index (χ2n) is 4.40. The van der Waals surface area contributed by atoms with Crippen molar-refractivity contribution in [3.63, 3.8) is 0 Å². The average molecular weight is 326 g/mol. The molecule has 0 fully saturated rings. The zero-order valence-corrected chi connectivity index (χ0v) is 12.8. The van der Waals surface area contributed by atoms with Crippen LogP contribution in [0.4, 0.5) is 0 Å². The van der Waals surface area contributed by atoms with E-state index in [1.165, 1.54) is 4.88 Å². The van der Waals surface area contributed by atoms with E-state index in [1.807, 2.05) is 19.1 Å². The molecule has 18 heavy (non-hydrogen) atoms. The van der Waals surface area contributed by atoms with Gasteiger partial charge in [0.05, 0.1) is 0 Å². The molecule has 1 aromatic heterocycles. The first-order valence-electron chi connectivity index (χ1n) is 5.82. The maximum atomic E-state index is 9.86. The van der Waals surface area contributed by atoms with E-state index in [1.54, 1.807) is 17.4 Å². The Labute approximate surface area is 120 Å². The van der Waals surface area contributed by atoms with Gasteiger partial charge >= 0.3 is 0 Å². The number of benzene rings is 1. The number of hydrogen-bond acceptors (Lipinski definition) is 3. The van der Waals surface area contributed by atoms with Crippen LogP contribution in [0.5, 0.6) is 5.75 Å². The molecule has 96 valence electrons. The first kappa shape index (κ1) is 13.6. The third-order valence-corrected chi connectivity index (χ3v) is 4.55. The predicted molar refractivity (Wildman–Crippen MR) is 80.1 cm³/mol. The number of phenolic OH excluding ortho intramolecular Hbond substituents is 1. The van der Waals surface area contributed by atoms with Crippen molar-refractivity contribution in [3.05, 3.63) is 50.1 Å². The normalized spacial score (nSPS) is 12.6. The fraction of sp³-hybridized carbons (Fsp3) is 0.286. The van der Waals surface area contributed by atoms with Crippen LogP contribution in [0.3, 0.4) is 0 Å². The van der Waals surface area contributed by atoms with Crippen LogP contribution in [-0.4, -0.2) is 5.11 Å². The molecule has 0 saturated carbocycles. The Bertz CT molecular complexity index is 538. The summed E-state index contributed by atoms with van der Waals surface area (Å²) in [5, 5.41) is 15.4. The van der Waals surface area contributed by atoms with Crippen molar-refractivity contribution in [2.24, 2.45) is 0 Å². The van der Waals surface area contributed by atoms with Gasteiger partial charge in [-0.3, -0.25) is 0 Å². The summed E-state index contributed by atoms with van der Waals surface area (Å²) in [4.78, 5) is 1.28. The topological polar surface area (TPSA) is 32.3 Å². The van der Waals surface area contributed by atoms with Crippen molar-refractivity contribution in [2.45, 2.75) is 26.4 Å². The third-order valence-electron chi connectivity index (χ3n) is 2.85. The van der Waals surface area contributed by atoms with E-state index in [0.717, 1.165) is 22.1 Å². The van der Waals surface area contributed by atoms with E-state index >= 15 is 0 Å². The molecule has 1 aromatic carbocycles. The largest absolute Gasteiger partial charge is 0.508 e. The first-order valence-corrected chi connectivity index (χ1v) is 7.49. The molecule has 0 amide bonds. The number of rotatable bonds is 4. The highest BCUT2D eigenvalue weighted by molar-refractivity contribution is 9.10. The minimum absolute atomic E-state index is 0.130. The van der Waals surface area contributed by atoms with Gasteiger partial charge in [-0.2, -0.15) is 0 Å². The van der Waals surface area contributed by atoms with Gasteiger partial charge in [-0.1, -0.05) is 17.7 Å². The van der Waals surface area contributed by atoms with Crippen molar-refractivity contribution in [1.29, 1.82) is 0 Å². The molecule has 0 aliphatic heterocycles. The minimum atomic E-state index is 0.130. The van der Waals surface area contributed by atoms with Gasteiger partial charge < -0.3 is 10.4 Å². The molecule has 2 rings (SSSR count). The van der Waals surface area contributed by atoms with Gasteiger partial charge in [0.2, 0.25) is 0 Å². The highest BCUT2D eigenvalue weighted by Crippen LogP contribution is 2.26. The highest BCUT2D eigenvalue weighted by atomic mass is 79.9. The molecule has 0 saturated heterocycles. The lowest BCUT2D eigenvalue weighted by atomic mass is 10.0. The maximum Gasteiger partial charge on any atom is 0.120 e. The summed E-state index contributed by atoms with van der Waals surface area (Å²) in [7, 11) is 0. The number of phenols is 1. The van der Waals surface area contributed by atoms with E-state index < -0.39 is 0 Å². The van der Waals surface area contributed by atoms with Crippen LogP contribution < -0.4 is 5.32 Å². The Hall–Kier alpha value is -0.840. The Morgan fingerprint density at radius 1 is 1.39 bits per heavy atom. The molecule has 1 unspecified atom stereocenters. The van der Waals surface area contributed by atoms with E-state index in [9.17, 15) is 5.11 Å². The Morgan fingerprint density at radius 3 is 2.83 bits per heavy atom. The molecular formula is C14H16BrNOS.